The van der Waals surface area contributed by atoms with E-state index in [0.717, 1.165) is 44.7 Å². The van der Waals surface area contributed by atoms with Gasteiger partial charge in [-0.05, 0) is 136 Å². The maximum atomic E-state index is 6.28. The van der Waals surface area contributed by atoms with Crippen LogP contribution >= 0.6 is 0 Å². The summed E-state index contributed by atoms with van der Waals surface area (Å²) in [7, 11) is 0. The van der Waals surface area contributed by atoms with Gasteiger partial charge in [0.05, 0.1) is 11.0 Å². The normalized spacial score (nSPS) is 14.0. The number of aromatic nitrogens is 1. The van der Waals surface area contributed by atoms with Crippen molar-refractivity contribution in [3.05, 3.63) is 217 Å². The Bertz CT molecular complexity index is 3510. The molecule has 0 unspecified atom stereocenters. The van der Waals surface area contributed by atoms with E-state index in [1.165, 1.54) is 92.0 Å². The van der Waals surface area contributed by atoms with Crippen LogP contribution in [0.3, 0.4) is 0 Å². The minimum Gasteiger partial charge on any atom is -0.456 e. The average molecular weight is 795 g/mol. The molecule has 1 saturated carbocycles. The highest BCUT2D eigenvalue weighted by Crippen LogP contribution is 2.57. The van der Waals surface area contributed by atoms with E-state index >= 15 is 0 Å². The summed E-state index contributed by atoms with van der Waals surface area (Å²) in [4.78, 5) is 2.37. The standard InChI is InChI=1S/C59H42N2O/c1-2-12-43(13-3-1)61-55-18-8-5-15-49(55)50-32-25-42(37-56(50)61)40-22-28-45(29-23-40)60(46-30-33-58-52(38-46)51-16-6-9-19-57(51)62-58)44-26-20-39(21-27-44)41-24-31-48-47-14-4-7-17-53(47)59(54(48)36-41)34-10-11-35-59/h1-9,12-33,36-38H,10-11,34-35H2. The first-order valence-corrected chi connectivity index (χ1v) is 22.0. The van der Waals surface area contributed by atoms with Gasteiger partial charge in [-0.15, -0.1) is 0 Å². The van der Waals surface area contributed by atoms with Crippen molar-refractivity contribution in [1.29, 1.82) is 0 Å². The number of anilines is 3. The van der Waals surface area contributed by atoms with Gasteiger partial charge in [-0.2, -0.15) is 0 Å². The van der Waals surface area contributed by atoms with Crippen LogP contribution in [-0.4, -0.2) is 4.57 Å². The molecule has 2 heterocycles. The number of hydrogen-bond acceptors (Lipinski definition) is 2. The number of rotatable bonds is 6. The van der Waals surface area contributed by atoms with E-state index in [-0.39, 0.29) is 5.41 Å². The van der Waals surface area contributed by atoms with Crippen molar-refractivity contribution < 1.29 is 4.42 Å². The molecule has 0 atom stereocenters. The maximum Gasteiger partial charge on any atom is 0.135 e. The lowest BCUT2D eigenvalue weighted by Gasteiger charge is -2.27. The maximum absolute atomic E-state index is 6.28. The van der Waals surface area contributed by atoms with E-state index in [1.807, 2.05) is 12.1 Å². The third-order valence-electron chi connectivity index (χ3n) is 13.9. The summed E-state index contributed by atoms with van der Waals surface area (Å²) in [5.74, 6) is 0. The van der Waals surface area contributed by atoms with Crippen molar-refractivity contribution in [2.75, 3.05) is 4.90 Å². The van der Waals surface area contributed by atoms with E-state index in [2.05, 4.69) is 204 Å². The van der Waals surface area contributed by atoms with Crippen molar-refractivity contribution >= 4 is 60.8 Å². The van der Waals surface area contributed by atoms with Crippen LogP contribution in [0.15, 0.2) is 211 Å². The Labute approximate surface area is 360 Å². The summed E-state index contributed by atoms with van der Waals surface area (Å²) in [6, 6.07) is 75.7. The lowest BCUT2D eigenvalue weighted by Crippen LogP contribution is -2.20. The number of furan rings is 1. The lowest BCUT2D eigenvalue weighted by molar-refractivity contribution is 0.550. The SMILES string of the molecule is c1ccc(-n2c3ccccc3c3ccc(-c4ccc(N(c5ccc(-c6ccc7c(c6)C6(CCCC6)c6ccccc6-7)cc5)c5ccc6oc7ccccc7c6c5)cc4)cc32)cc1. The van der Waals surface area contributed by atoms with Gasteiger partial charge in [0.2, 0.25) is 0 Å². The van der Waals surface area contributed by atoms with Crippen molar-refractivity contribution in [3.63, 3.8) is 0 Å². The van der Waals surface area contributed by atoms with E-state index in [0.29, 0.717) is 0 Å². The van der Waals surface area contributed by atoms with Gasteiger partial charge in [0, 0.05) is 49.7 Å². The zero-order valence-corrected chi connectivity index (χ0v) is 34.3. The molecule has 2 aliphatic rings. The number of nitrogens with zero attached hydrogens (tertiary/aromatic N) is 2. The second-order valence-electron chi connectivity index (χ2n) is 17.2. The molecule has 0 N–H and O–H groups in total. The molecular formula is C59H42N2O. The van der Waals surface area contributed by atoms with Crippen LogP contribution in [0.25, 0.3) is 82.8 Å². The molecule has 2 aromatic heterocycles. The Morgan fingerprint density at radius 1 is 0.387 bits per heavy atom. The molecule has 0 bridgehead atoms. The molecule has 11 aromatic rings. The molecule has 0 amide bonds. The Hall–Kier alpha value is -7.62. The fraction of sp³-hybridized carbons (Fsp3) is 0.0847. The number of benzene rings is 9. The van der Waals surface area contributed by atoms with Gasteiger partial charge in [0.15, 0.2) is 0 Å². The Morgan fingerprint density at radius 2 is 0.968 bits per heavy atom. The van der Waals surface area contributed by atoms with Crippen LogP contribution < -0.4 is 4.90 Å². The predicted molar refractivity (Wildman–Crippen MR) is 258 cm³/mol. The lowest BCUT2D eigenvalue weighted by atomic mass is 9.76. The highest BCUT2D eigenvalue weighted by atomic mass is 16.3. The van der Waals surface area contributed by atoms with Crippen molar-refractivity contribution in [2.45, 2.75) is 31.1 Å². The first-order valence-electron chi connectivity index (χ1n) is 22.0. The van der Waals surface area contributed by atoms with E-state index in [1.54, 1.807) is 0 Å². The van der Waals surface area contributed by atoms with Crippen molar-refractivity contribution in [3.8, 4) is 39.1 Å². The number of fused-ring (bicyclic) bond motifs is 11. The molecule has 62 heavy (non-hydrogen) atoms. The molecule has 0 saturated heterocycles. The molecular weight excluding hydrogens is 753 g/mol. The van der Waals surface area contributed by atoms with Crippen LogP contribution in [0.4, 0.5) is 17.1 Å². The summed E-state index contributed by atoms with van der Waals surface area (Å²) in [5, 5.41) is 4.75. The largest absolute Gasteiger partial charge is 0.456 e. The molecule has 13 rings (SSSR count). The fourth-order valence-electron chi connectivity index (χ4n) is 11.1. The fourth-order valence-corrected chi connectivity index (χ4v) is 11.1. The van der Waals surface area contributed by atoms with Crippen LogP contribution in [0, 0.1) is 0 Å². The molecule has 1 spiro atoms. The third-order valence-corrected chi connectivity index (χ3v) is 13.9. The molecule has 0 aliphatic heterocycles. The molecule has 3 heteroatoms. The van der Waals surface area contributed by atoms with Gasteiger partial charge in [0.25, 0.3) is 0 Å². The number of hydrogen-bond donors (Lipinski definition) is 0. The summed E-state index contributed by atoms with van der Waals surface area (Å²) >= 11 is 0. The van der Waals surface area contributed by atoms with Gasteiger partial charge >= 0.3 is 0 Å². The van der Waals surface area contributed by atoms with Gasteiger partial charge in [-0.25, -0.2) is 0 Å². The van der Waals surface area contributed by atoms with Crippen LogP contribution in [0.1, 0.15) is 36.8 Å². The summed E-state index contributed by atoms with van der Waals surface area (Å²) in [6.07, 6.45) is 5.05. The Balaban J connectivity index is 0.903. The molecule has 3 nitrogen and oxygen atoms in total. The predicted octanol–water partition coefficient (Wildman–Crippen LogP) is 16.3. The molecule has 9 aromatic carbocycles. The minimum atomic E-state index is 0.146. The van der Waals surface area contributed by atoms with Crippen LogP contribution in [0.5, 0.6) is 0 Å². The van der Waals surface area contributed by atoms with Gasteiger partial charge in [-0.3, -0.25) is 0 Å². The molecule has 294 valence electrons. The third kappa shape index (κ3) is 5.31. The first-order chi connectivity index (χ1) is 30.7. The van der Waals surface area contributed by atoms with E-state index < -0.39 is 0 Å². The Morgan fingerprint density at radius 3 is 1.76 bits per heavy atom. The van der Waals surface area contributed by atoms with Gasteiger partial charge in [-0.1, -0.05) is 140 Å². The zero-order valence-electron chi connectivity index (χ0n) is 34.3. The van der Waals surface area contributed by atoms with E-state index in [9.17, 15) is 0 Å². The highest BCUT2D eigenvalue weighted by Gasteiger charge is 2.44. The van der Waals surface area contributed by atoms with Gasteiger partial charge in [0.1, 0.15) is 11.2 Å². The number of para-hydroxylation sites is 3. The summed E-state index contributed by atoms with van der Waals surface area (Å²) < 4.78 is 8.67. The van der Waals surface area contributed by atoms with Gasteiger partial charge < -0.3 is 13.9 Å². The van der Waals surface area contributed by atoms with E-state index in [4.69, 9.17) is 4.42 Å². The Kier molecular flexibility index (Phi) is 7.77. The van der Waals surface area contributed by atoms with Crippen molar-refractivity contribution in [2.24, 2.45) is 0 Å². The minimum absolute atomic E-state index is 0.146. The average Bonchev–Trinajstić information content (AvgIpc) is 4.12. The zero-order chi connectivity index (χ0) is 40.8. The smallest absolute Gasteiger partial charge is 0.135 e. The topological polar surface area (TPSA) is 21.3 Å². The van der Waals surface area contributed by atoms with Crippen LogP contribution in [-0.2, 0) is 5.41 Å². The molecule has 0 radical (unpaired) electrons. The second kappa shape index (κ2) is 13.7. The monoisotopic (exact) mass is 794 g/mol. The summed E-state index contributed by atoms with van der Waals surface area (Å²) in [5.41, 5.74) is 19.5. The first kappa shape index (κ1) is 35.2. The quantitative estimate of drug-likeness (QED) is 0.167. The summed E-state index contributed by atoms with van der Waals surface area (Å²) in [6.45, 7) is 0. The van der Waals surface area contributed by atoms with Crippen molar-refractivity contribution in [1.82, 2.24) is 4.57 Å². The molecule has 2 aliphatic carbocycles. The highest BCUT2D eigenvalue weighted by molar-refractivity contribution is 6.10. The second-order valence-corrected chi connectivity index (χ2v) is 17.2. The molecule has 1 fully saturated rings. The van der Waals surface area contributed by atoms with Crippen LogP contribution in [0.2, 0.25) is 0 Å².